The zero-order valence-electron chi connectivity index (χ0n) is 9.07. The Morgan fingerprint density at radius 1 is 1.38 bits per heavy atom. The van der Waals surface area contributed by atoms with Gasteiger partial charge in [0.2, 0.25) is 0 Å². The second-order valence-electron chi connectivity index (χ2n) is 3.56. The number of hydrogen-bond donors (Lipinski definition) is 0. The lowest BCUT2D eigenvalue weighted by Gasteiger charge is -2.15. The van der Waals surface area contributed by atoms with Crippen LogP contribution >= 0.6 is 0 Å². The molecule has 0 saturated carbocycles. The molecule has 0 heterocycles. The average Bonchev–Trinajstić information content (AvgIpc) is 2.29. The summed E-state index contributed by atoms with van der Waals surface area (Å²) in [4.78, 5) is 1.87. The topological polar surface area (TPSA) is 50.8 Å². The van der Waals surface area contributed by atoms with E-state index in [0.717, 1.165) is 0 Å². The highest BCUT2D eigenvalue weighted by atomic mass is 19.1. The molecule has 0 spiro atoms. The van der Waals surface area contributed by atoms with Gasteiger partial charge in [-0.05, 0) is 19.2 Å². The van der Waals surface area contributed by atoms with Gasteiger partial charge in [-0.25, -0.2) is 4.39 Å². The van der Waals surface area contributed by atoms with Crippen LogP contribution < -0.4 is 0 Å². The van der Waals surface area contributed by atoms with Gasteiger partial charge in [0.25, 0.3) is 0 Å². The zero-order chi connectivity index (χ0) is 12.0. The van der Waals surface area contributed by atoms with Crippen molar-refractivity contribution in [2.45, 2.75) is 13.0 Å². The van der Waals surface area contributed by atoms with E-state index in [0.29, 0.717) is 30.6 Å². The second kappa shape index (κ2) is 5.85. The molecule has 0 saturated heterocycles. The van der Waals surface area contributed by atoms with Crippen LogP contribution in [0.2, 0.25) is 0 Å². The van der Waals surface area contributed by atoms with Crippen molar-refractivity contribution in [2.75, 3.05) is 13.6 Å². The maximum absolute atomic E-state index is 13.5. The highest BCUT2D eigenvalue weighted by molar-refractivity contribution is 5.32. The molecule has 0 unspecified atom stereocenters. The number of nitriles is 2. The van der Waals surface area contributed by atoms with Gasteiger partial charge >= 0.3 is 0 Å². The fraction of sp³-hybridized carbons (Fsp3) is 0.333. The summed E-state index contributed by atoms with van der Waals surface area (Å²) < 4.78 is 13.5. The van der Waals surface area contributed by atoms with Crippen LogP contribution in [0.1, 0.15) is 17.5 Å². The molecular formula is C12H12FN3. The number of rotatable bonds is 4. The molecule has 0 aliphatic heterocycles. The lowest BCUT2D eigenvalue weighted by Crippen LogP contribution is -2.19. The van der Waals surface area contributed by atoms with E-state index in [2.05, 4.69) is 0 Å². The van der Waals surface area contributed by atoms with Crippen molar-refractivity contribution in [3.05, 3.63) is 35.1 Å². The molecule has 1 aromatic carbocycles. The molecular weight excluding hydrogens is 205 g/mol. The van der Waals surface area contributed by atoms with Crippen LogP contribution in [-0.2, 0) is 6.54 Å². The van der Waals surface area contributed by atoms with Gasteiger partial charge in [-0.15, -0.1) is 0 Å². The molecule has 0 N–H and O–H groups in total. The summed E-state index contributed by atoms with van der Waals surface area (Å²) in [6.45, 7) is 1.05. The van der Waals surface area contributed by atoms with Crippen LogP contribution in [0.5, 0.6) is 0 Å². The Bertz CT molecular complexity index is 443. The molecule has 1 aromatic rings. The van der Waals surface area contributed by atoms with E-state index >= 15 is 0 Å². The van der Waals surface area contributed by atoms with Crippen LogP contribution in [-0.4, -0.2) is 18.5 Å². The van der Waals surface area contributed by atoms with Gasteiger partial charge in [-0.3, -0.25) is 0 Å². The average molecular weight is 217 g/mol. The summed E-state index contributed by atoms with van der Waals surface area (Å²) >= 11 is 0. The Morgan fingerprint density at radius 2 is 2.12 bits per heavy atom. The molecule has 4 heteroatoms. The van der Waals surface area contributed by atoms with Crippen molar-refractivity contribution in [3.63, 3.8) is 0 Å². The first kappa shape index (κ1) is 12.2. The number of halogens is 1. The molecule has 0 radical (unpaired) electrons. The molecule has 0 atom stereocenters. The van der Waals surface area contributed by atoms with Gasteiger partial charge < -0.3 is 4.90 Å². The summed E-state index contributed by atoms with van der Waals surface area (Å²) in [5.41, 5.74) is 0.861. The lowest BCUT2D eigenvalue weighted by atomic mass is 10.1. The Labute approximate surface area is 94.3 Å². The largest absolute Gasteiger partial charge is 0.301 e. The molecule has 82 valence electrons. The summed E-state index contributed by atoms with van der Waals surface area (Å²) in [7, 11) is 1.83. The molecule has 0 fully saturated rings. The van der Waals surface area contributed by atoms with Crippen molar-refractivity contribution < 1.29 is 4.39 Å². The maximum atomic E-state index is 13.5. The van der Waals surface area contributed by atoms with Crippen LogP contribution in [0.25, 0.3) is 0 Å². The standard InChI is InChI=1S/C12H12FN3/c1-16(6-2-5-14)9-11-4-3-10(8-15)7-12(11)13/h3-4,7H,2,6,9H2,1H3. The van der Waals surface area contributed by atoms with E-state index in [4.69, 9.17) is 10.5 Å². The molecule has 0 bridgehead atoms. The van der Waals surface area contributed by atoms with E-state index in [1.807, 2.05) is 24.1 Å². The molecule has 0 amide bonds. The van der Waals surface area contributed by atoms with E-state index in [1.165, 1.54) is 6.07 Å². The van der Waals surface area contributed by atoms with E-state index < -0.39 is 0 Å². The van der Waals surface area contributed by atoms with Crippen molar-refractivity contribution in [1.29, 1.82) is 10.5 Å². The normalized spacial score (nSPS) is 9.81. The van der Waals surface area contributed by atoms with Crippen LogP contribution in [0.3, 0.4) is 0 Å². The minimum atomic E-state index is -0.372. The molecule has 0 aliphatic carbocycles. The third kappa shape index (κ3) is 3.34. The van der Waals surface area contributed by atoms with Crippen molar-refractivity contribution in [3.8, 4) is 12.1 Å². The van der Waals surface area contributed by atoms with Gasteiger partial charge in [0, 0.05) is 25.1 Å². The van der Waals surface area contributed by atoms with E-state index in [1.54, 1.807) is 12.1 Å². The van der Waals surface area contributed by atoms with Gasteiger partial charge in [-0.2, -0.15) is 10.5 Å². The third-order valence-corrected chi connectivity index (χ3v) is 2.23. The Kier molecular flexibility index (Phi) is 4.44. The quantitative estimate of drug-likeness (QED) is 0.775. The Hall–Kier alpha value is -1.91. The van der Waals surface area contributed by atoms with Crippen molar-refractivity contribution in [2.24, 2.45) is 0 Å². The van der Waals surface area contributed by atoms with E-state index in [-0.39, 0.29) is 5.82 Å². The van der Waals surface area contributed by atoms with Gasteiger partial charge in [0.05, 0.1) is 17.7 Å². The third-order valence-electron chi connectivity index (χ3n) is 2.23. The fourth-order valence-electron chi connectivity index (χ4n) is 1.36. The second-order valence-corrected chi connectivity index (χ2v) is 3.56. The van der Waals surface area contributed by atoms with Gasteiger partial charge in [0.15, 0.2) is 0 Å². The fourth-order valence-corrected chi connectivity index (χ4v) is 1.36. The number of nitrogens with zero attached hydrogens (tertiary/aromatic N) is 3. The SMILES string of the molecule is CN(CCC#N)Cc1ccc(C#N)cc1F. The predicted octanol–water partition coefficient (Wildman–Crippen LogP) is 2.04. The van der Waals surface area contributed by atoms with Crippen LogP contribution in [0, 0.1) is 28.5 Å². The molecule has 3 nitrogen and oxygen atoms in total. The monoisotopic (exact) mass is 217 g/mol. The lowest BCUT2D eigenvalue weighted by molar-refractivity contribution is 0.329. The number of benzene rings is 1. The highest BCUT2D eigenvalue weighted by Gasteiger charge is 2.06. The molecule has 16 heavy (non-hydrogen) atoms. The minimum absolute atomic E-state index is 0.320. The summed E-state index contributed by atoms with van der Waals surface area (Å²) in [5, 5.41) is 17.0. The van der Waals surface area contributed by atoms with Crippen LogP contribution in [0.4, 0.5) is 4.39 Å². The van der Waals surface area contributed by atoms with Crippen LogP contribution in [0.15, 0.2) is 18.2 Å². The first-order valence-corrected chi connectivity index (χ1v) is 4.91. The zero-order valence-corrected chi connectivity index (χ0v) is 9.07. The smallest absolute Gasteiger partial charge is 0.129 e. The Balaban J connectivity index is 2.68. The highest BCUT2D eigenvalue weighted by Crippen LogP contribution is 2.11. The first-order valence-electron chi connectivity index (χ1n) is 4.91. The van der Waals surface area contributed by atoms with Gasteiger partial charge in [-0.1, -0.05) is 6.07 Å². The minimum Gasteiger partial charge on any atom is -0.301 e. The molecule has 0 aliphatic rings. The van der Waals surface area contributed by atoms with Crippen molar-refractivity contribution in [1.82, 2.24) is 4.90 Å². The molecule has 1 rings (SSSR count). The number of hydrogen-bond acceptors (Lipinski definition) is 3. The Morgan fingerprint density at radius 3 is 2.69 bits per heavy atom. The first-order chi connectivity index (χ1) is 7.67. The van der Waals surface area contributed by atoms with Gasteiger partial charge in [0.1, 0.15) is 5.82 Å². The summed E-state index contributed by atoms with van der Waals surface area (Å²) in [6, 6.07) is 8.36. The molecule has 0 aromatic heterocycles. The predicted molar refractivity (Wildman–Crippen MR) is 57.7 cm³/mol. The maximum Gasteiger partial charge on any atom is 0.129 e. The summed E-state index contributed by atoms with van der Waals surface area (Å²) in [6.07, 6.45) is 0.425. The summed E-state index contributed by atoms with van der Waals surface area (Å²) in [5.74, 6) is -0.372. The van der Waals surface area contributed by atoms with Crippen molar-refractivity contribution >= 4 is 0 Å². The van der Waals surface area contributed by atoms with E-state index in [9.17, 15) is 4.39 Å².